The molecule has 0 fully saturated rings. The number of hydrogen-bond acceptors (Lipinski definition) is 6. The number of methoxy groups -OCH3 is 1. The van der Waals surface area contributed by atoms with E-state index in [2.05, 4.69) is 4.98 Å². The number of carbonyl (C=O) groups excluding carboxylic acids is 1. The summed E-state index contributed by atoms with van der Waals surface area (Å²) in [6, 6.07) is 21.1. The molecule has 0 bridgehead atoms. The fourth-order valence-corrected chi connectivity index (χ4v) is 3.61. The minimum Gasteiger partial charge on any atom is -0.486 e. The fourth-order valence-electron chi connectivity index (χ4n) is 3.61. The van der Waals surface area contributed by atoms with Crippen molar-refractivity contribution in [1.82, 2.24) is 4.98 Å². The van der Waals surface area contributed by atoms with Crippen LogP contribution in [-0.4, -0.2) is 18.1 Å². The van der Waals surface area contributed by atoms with E-state index >= 15 is 0 Å². The smallest absolute Gasteiger partial charge is 0.360 e. The number of carbonyl (C=O) groups is 1. The molecule has 0 unspecified atom stereocenters. The Kier molecular flexibility index (Phi) is 5.94. The van der Waals surface area contributed by atoms with Crippen LogP contribution in [0.5, 0.6) is 17.2 Å². The molecule has 0 saturated carbocycles. The summed E-state index contributed by atoms with van der Waals surface area (Å²) in [5, 5.41) is 1.20. The molecule has 4 rings (SSSR count). The van der Waals surface area contributed by atoms with Crippen molar-refractivity contribution in [1.29, 1.82) is 0 Å². The van der Waals surface area contributed by atoms with Gasteiger partial charge in [0.2, 0.25) is 0 Å². The topological polar surface area (TPSA) is 83.7 Å². The molecule has 32 heavy (non-hydrogen) atoms. The molecule has 0 aliphatic heterocycles. The van der Waals surface area contributed by atoms with E-state index in [4.69, 9.17) is 19.9 Å². The Hall–Kier alpha value is -4.06. The number of nitrogens with two attached hydrogens (primary N) is 1. The fraction of sp³-hybridized carbons (Fsp3) is 0.154. The summed E-state index contributed by atoms with van der Waals surface area (Å²) >= 11 is 0. The van der Waals surface area contributed by atoms with Gasteiger partial charge in [-0.3, -0.25) is 0 Å². The lowest BCUT2D eigenvalue weighted by molar-refractivity contribution is 0.0589. The summed E-state index contributed by atoms with van der Waals surface area (Å²) in [4.78, 5) is 16.8. The zero-order valence-corrected chi connectivity index (χ0v) is 18.2. The number of para-hydroxylation sites is 1. The minimum absolute atomic E-state index is 0.0256. The predicted octanol–water partition coefficient (Wildman–Crippen LogP) is 5.59. The van der Waals surface area contributed by atoms with Crippen LogP contribution in [0.4, 0.5) is 5.82 Å². The molecule has 0 spiro atoms. The van der Waals surface area contributed by atoms with Gasteiger partial charge in [0, 0.05) is 5.39 Å². The van der Waals surface area contributed by atoms with Crippen LogP contribution in [0.2, 0.25) is 0 Å². The van der Waals surface area contributed by atoms with E-state index in [0.717, 1.165) is 22.4 Å². The molecule has 6 nitrogen and oxygen atoms in total. The van der Waals surface area contributed by atoms with Crippen molar-refractivity contribution in [2.45, 2.75) is 20.5 Å². The molecule has 162 valence electrons. The highest BCUT2D eigenvalue weighted by molar-refractivity contribution is 6.06. The number of benzene rings is 3. The van der Waals surface area contributed by atoms with E-state index in [1.165, 1.54) is 7.11 Å². The van der Waals surface area contributed by atoms with Crippen molar-refractivity contribution in [3.05, 3.63) is 89.1 Å². The molecule has 0 saturated heterocycles. The van der Waals surface area contributed by atoms with Gasteiger partial charge in [0.1, 0.15) is 23.9 Å². The van der Waals surface area contributed by atoms with Crippen molar-refractivity contribution < 1.29 is 19.0 Å². The summed E-state index contributed by atoms with van der Waals surface area (Å²) < 4.78 is 17.3. The van der Waals surface area contributed by atoms with Gasteiger partial charge in [-0.15, -0.1) is 0 Å². The maximum atomic E-state index is 12.5. The van der Waals surface area contributed by atoms with E-state index < -0.39 is 5.97 Å². The Bertz CT molecular complexity index is 1270. The van der Waals surface area contributed by atoms with Gasteiger partial charge in [-0.25, -0.2) is 9.78 Å². The zero-order valence-electron chi connectivity index (χ0n) is 18.2. The average Bonchev–Trinajstić information content (AvgIpc) is 2.81. The van der Waals surface area contributed by atoms with Gasteiger partial charge in [0.15, 0.2) is 11.4 Å². The summed E-state index contributed by atoms with van der Waals surface area (Å²) in [6.07, 6.45) is 0. The second-order valence-corrected chi connectivity index (χ2v) is 7.44. The molecule has 6 heteroatoms. The lowest BCUT2D eigenvalue weighted by Crippen LogP contribution is -2.11. The lowest BCUT2D eigenvalue weighted by atomic mass is 10.1. The van der Waals surface area contributed by atoms with Crippen LogP contribution in [0.3, 0.4) is 0 Å². The molecule has 0 aliphatic rings. The number of fused-ring (bicyclic) bond motifs is 1. The molecular formula is C26H24N2O4. The summed E-state index contributed by atoms with van der Waals surface area (Å²) in [7, 11) is 1.30. The first-order chi connectivity index (χ1) is 15.5. The number of ether oxygens (including phenoxy) is 3. The van der Waals surface area contributed by atoms with Gasteiger partial charge in [0.25, 0.3) is 0 Å². The number of aromatic nitrogens is 1. The maximum absolute atomic E-state index is 12.5. The Morgan fingerprint density at radius 1 is 0.906 bits per heavy atom. The Balaban J connectivity index is 1.85. The first kappa shape index (κ1) is 21.2. The molecule has 3 aromatic carbocycles. The largest absolute Gasteiger partial charge is 0.486 e. The van der Waals surface area contributed by atoms with Gasteiger partial charge in [-0.1, -0.05) is 60.7 Å². The van der Waals surface area contributed by atoms with Crippen LogP contribution in [0, 0.1) is 13.8 Å². The standard InChI is InChI=1S/C26H24N2O4/c1-16-9-7-10-17(2)23(16)32-20-14-8-13-19-21(20)25(27)28-22(26(29)30-3)24(19)31-15-18-11-5-4-6-12-18/h4-14H,15H2,1-3H3,(H2,27,28). The van der Waals surface area contributed by atoms with E-state index in [1.807, 2.05) is 80.6 Å². The molecule has 0 amide bonds. The predicted molar refractivity (Wildman–Crippen MR) is 124 cm³/mol. The summed E-state index contributed by atoms with van der Waals surface area (Å²) in [6.45, 7) is 4.23. The Labute approximate surface area is 186 Å². The summed E-state index contributed by atoms with van der Waals surface area (Å²) in [5.74, 6) is 1.13. The van der Waals surface area contributed by atoms with Crippen LogP contribution in [0.25, 0.3) is 10.8 Å². The van der Waals surface area contributed by atoms with E-state index in [0.29, 0.717) is 22.3 Å². The number of pyridine rings is 1. The second kappa shape index (κ2) is 8.98. The molecule has 0 aliphatic carbocycles. The van der Waals surface area contributed by atoms with Crippen LogP contribution >= 0.6 is 0 Å². The number of nitrogens with zero attached hydrogens (tertiary/aromatic N) is 1. The van der Waals surface area contributed by atoms with Crippen LogP contribution in [-0.2, 0) is 11.3 Å². The number of rotatable bonds is 6. The highest BCUT2D eigenvalue weighted by Crippen LogP contribution is 2.40. The third-order valence-corrected chi connectivity index (χ3v) is 5.20. The zero-order chi connectivity index (χ0) is 22.7. The number of nitrogen functional groups attached to an aromatic ring is 1. The number of aryl methyl sites for hydroxylation is 2. The molecule has 0 atom stereocenters. The minimum atomic E-state index is -0.622. The van der Waals surface area contributed by atoms with Gasteiger partial charge < -0.3 is 19.9 Å². The quantitative estimate of drug-likeness (QED) is 0.403. The molecule has 4 aromatic rings. The molecule has 1 heterocycles. The molecule has 0 radical (unpaired) electrons. The SMILES string of the molecule is COC(=O)c1nc(N)c2c(Oc3c(C)cccc3C)cccc2c1OCc1ccccc1. The van der Waals surface area contributed by atoms with E-state index in [-0.39, 0.29) is 18.1 Å². The van der Waals surface area contributed by atoms with Crippen molar-refractivity contribution in [2.75, 3.05) is 12.8 Å². The van der Waals surface area contributed by atoms with Gasteiger partial charge in [-0.2, -0.15) is 0 Å². The Morgan fingerprint density at radius 2 is 1.59 bits per heavy atom. The monoisotopic (exact) mass is 428 g/mol. The van der Waals surface area contributed by atoms with Crippen LogP contribution < -0.4 is 15.2 Å². The normalized spacial score (nSPS) is 10.7. The first-order valence-corrected chi connectivity index (χ1v) is 10.2. The average molecular weight is 428 g/mol. The lowest BCUT2D eigenvalue weighted by Gasteiger charge is -2.18. The summed E-state index contributed by atoms with van der Waals surface area (Å²) in [5.41, 5.74) is 9.28. The van der Waals surface area contributed by atoms with Gasteiger partial charge >= 0.3 is 5.97 Å². The number of hydrogen-bond donors (Lipinski definition) is 1. The van der Waals surface area contributed by atoms with Crippen molar-refractivity contribution >= 4 is 22.6 Å². The van der Waals surface area contributed by atoms with Crippen molar-refractivity contribution in [2.24, 2.45) is 0 Å². The van der Waals surface area contributed by atoms with Crippen molar-refractivity contribution in [3.63, 3.8) is 0 Å². The second-order valence-electron chi connectivity index (χ2n) is 7.44. The third-order valence-electron chi connectivity index (χ3n) is 5.20. The molecular weight excluding hydrogens is 404 g/mol. The highest BCUT2D eigenvalue weighted by Gasteiger charge is 2.23. The molecule has 2 N–H and O–H groups in total. The van der Waals surface area contributed by atoms with Gasteiger partial charge in [0.05, 0.1) is 12.5 Å². The Morgan fingerprint density at radius 3 is 2.28 bits per heavy atom. The number of esters is 1. The van der Waals surface area contributed by atoms with E-state index in [9.17, 15) is 4.79 Å². The van der Waals surface area contributed by atoms with Gasteiger partial charge in [-0.05, 0) is 36.6 Å². The van der Waals surface area contributed by atoms with Crippen LogP contribution in [0.1, 0.15) is 27.2 Å². The van der Waals surface area contributed by atoms with Crippen molar-refractivity contribution in [3.8, 4) is 17.2 Å². The third kappa shape index (κ3) is 4.07. The van der Waals surface area contributed by atoms with E-state index in [1.54, 1.807) is 0 Å². The van der Waals surface area contributed by atoms with Crippen LogP contribution in [0.15, 0.2) is 66.7 Å². The number of anilines is 1. The maximum Gasteiger partial charge on any atom is 0.360 e. The highest BCUT2D eigenvalue weighted by atomic mass is 16.5. The molecule has 1 aromatic heterocycles. The first-order valence-electron chi connectivity index (χ1n) is 10.2.